The number of hydrogen-bond acceptors (Lipinski definition) is 4. The monoisotopic (exact) mass is 337 g/mol. The Balaban J connectivity index is 1.92. The third-order valence-electron chi connectivity index (χ3n) is 3.50. The molecule has 1 aromatic carbocycles. The number of nitrogens with one attached hydrogen (secondary N) is 2. The SMILES string of the molecule is CNS(=O)(=O)Cc1ccc(CN[C@@H](C)c2ccc(F)cn2)cc1. The highest BCUT2D eigenvalue weighted by Gasteiger charge is 2.09. The van der Waals surface area contributed by atoms with Gasteiger partial charge in [0.05, 0.1) is 17.6 Å². The summed E-state index contributed by atoms with van der Waals surface area (Å²) in [5.41, 5.74) is 2.53. The number of sulfonamides is 1. The summed E-state index contributed by atoms with van der Waals surface area (Å²) in [6.07, 6.45) is 1.20. The fourth-order valence-corrected chi connectivity index (χ4v) is 2.84. The fraction of sp³-hybridized carbons (Fsp3) is 0.312. The molecule has 0 unspecified atom stereocenters. The van der Waals surface area contributed by atoms with Gasteiger partial charge in [0.2, 0.25) is 10.0 Å². The second kappa shape index (κ2) is 7.63. The average molecular weight is 337 g/mol. The van der Waals surface area contributed by atoms with Gasteiger partial charge >= 0.3 is 0 Å². The maximum atomic E-state index is 12.9. The Morgan fingerprint density at radius 3 is 2.35 bits per heavy atom. The zero-order valence-electron chi connectivity index (χ0n) is 13.1. The minimum absolute atomic E-state index is 0.0139. The van der Waals surface area contributed by atoms with E-state index in [1.807, 2.05) is 19.1 Å². The van der Waals surface area contributed by atoms with Crippen LogP contribution in [0.15, 0.2) is 42.6 Å². The van der Waals surface area contributed by atoms with Crippen LogP contribution < -0.4 is 10.0 Å². The summed E-state index contributed by atoms with van der Waals surface area (Å²) in [7, 11) is -1.85. The number of benzene rings is 1. The van der Waals surface area contributed by atoms with Crippen molar-refractivity contribution >= 4 is 10.0 Å². The number of halogens is 1. The van der Waals surface area contributed by atoms with Crippen molar-refractivity contribution in [2.75, 3.05) is 7.05 Å². The van der Waals surface area contributed by atoms with E-state index in [1.54, 1.807) is 18.2 Å². The van der Waals surface area contributed by atoms with Gasteiger partial charge < -0.3 is 5.32 Å². The summed E-state index contributed by atoms with van der Waals surface area (Å²) in [6, 6.07) is 10.4. The third-order valence-corrected chi connectivity index (χ3v) is 4.83. The molecule has 0 spiro atoms. The highest BCUT2D eigenvalue weighted by molar-refractivity contribution is 7.88. The molecule has 0 amide bonds. The Labute approximate surface area is 136 Å². The van der Waals surface area contributed by atoms with Gasteiger partial charge in [-0.2, -0.15) is 0 Å². The number of nitrogens with zero attached hydrogens (tertiary/aromatic N) is 1. The molecule has 0 aliphatic heterocycles. The fourth-order valence-electron chi connectivity index (χ4n) is 2.06. The van der Waals surface area contributed by atoms with Gasteiger partial charge in [0.25, 0.3) is 0 Å². The normalized spacial score (nSPS) is 13.0. The Bertz CT molecular complexity index is 731. The molecule has 0 bridgehead atoms. The second-order valence-corrected chi connectivity index (χ2v) is 7.21. The molecule has 5 nitrogen and oxygen atoms in total. The van der Waals surface area contributed by atoms with E-state index in [0.29, 0.717) is 6.54 Å². The van der Waals surface area contributed by atoms with Crippen LogP contribution >= 0.6 is 0 Å². The van der Waals surface area contributed by atoms with E-state index in [-0.39, 0.29) is 17.6 Å². The molecular weight excluding hydrogens is 317 g/mol. The molecule has 0 saturated heterocycles. The zero-order chi connectivity index (χ0) is 16.9. The molecule has 2 aromatic rings. The van der Waals surface area contributed by atoms with Crippen LogP contribution in [0.1, 0.15) is 29.8 Å². The number of aromatic nitrogens is 1. The number of pyridine rings is 1. The number of hydrogen-bond donors (Lipinski definition) is 2. The largest absolute Gasteiger partial charge is 0.305 e. The Morgan fingerprint density at radius 2 is 1.78 bits per heavy atom. The lowest BCUT2D eigenvalue weighted by molar-refractivity contribution is 0.554. The predicted octanol–water partition coefficient (Wildman–Crippen LogP) is 2.12. The second-order valence-electron chi connectivity index (χ2n) is 5.28. The molecule has 2 rings (SSSR count). The van der Waals surface area contributed by atoms with Gasteiger partial charge in [-0.15, -0.1) is 0 Å². The van der Waals surface area contributed by atoms with Crippen LogP contribution in [0.4, 0.5) is 4.39 Å². The minimum atomic E-state index is -3.26. The van der Waals surface area contributed by atoms with E-state index in [9.17, 15) is 12.8 Å². The van der Waals surface area contributed by atoms with E-state index in [4.69, 9.17) is 0 Å². The van der Waals surface area contributed by atoms with Crippen LogP contribution in [0, 0.1) is 5.82 Å². The van der Waals surface area contributed by atoms with Crippen molar-refractivity contribution < 1.29 is 12.8 Å². The van der Waals surface area contributed by atoms with E-state index < -0.39 is 10.0 Å². The standard InChI is InChI=1S/C16H20FN3O2S/c1-12(16-8-7-15(17)10-20-16)19-9-13-3-5-14(6-4-13)11-23(21,22)18-2/h3-8,10,12,18-19H,9,11H2,1-2H3/t12-/m0/s1. The molecule has 0 radical (unpaired) electrons. The summed E-state index contributed by atoms with van der Waals surface area (Å²) in [4.78, 5) is 4.04. The molecule has 1 heterocycles. The highest BCUT2D eigenvalue weighted by atomic mass is 32.2. The van der Waals surface area contributed by atoms with Gasteiger partial charge in [0.15, 0.2) is 0 Å². The molecule has 23 heavy (non-hydrogen) atoms. The van der Waals surface area contributed by atoms with Gasteiger partial charge in [-0.3, -0.25) is 4.98 Å². The van der Waals surface area contributed by atoms with E-state index in [0.717, 1.165) is 16.8 Å². The summed E-state index contributed by atoms with van der Waals surface area (Å²) >= 11 is 0. The third kappa shape index (κ3) is 5.38. The average Bonchev–Trinajstić information content (AvgIpc) is 2.54. The molecule has 1 atom stereocenters. The molecule has 7 heteroatoms. The van der Waals surface area contributed by atoms with Gasteiger partial charge in [-0.05, 0) is 37.2 Å². The molecule has 0 aliphatic rings. The molecule has 0 fully saturated rings. The first-order valence-corrected chi connectivity index (χ1v) is 8.89. The maximum absolute atomic E-state index is 12.9. The van der Waals surface area contributed by atoms with E-state index >= 15 is 0 Å². The van der Waals surface area contributed by atoms with Crippen molar-refractivity contribution in [3.63, 3.8) is 0 Å². The van der Waals surface area contributed by atoms with E-state index in [1.165, 1.54) is 19.3 Å². The van der Waals surface area contributed by atoms with Crippen LogP contribution in [-0.2, 0) is 22.3 Å². The lowest BCUT2D eigenvalue weighted by Gasteiger charge is -2.13. The molecule has 0 aliphatic carbocycles. The predicted molar refractivity (Wildman–Crippen MR) is 87.6 cm³/mol. The van der Waals surface area contributed by atoms with Gasteiger partial charge in [0.1, 0.15) is 5.82 Å². The Morgan fingerprint density at radius 1 is 1.13 bits per heavy atom. The zero-order valence-corrected chi connectivity index (χ0v) is 13.9. The van der Waals surface area contributed by atoms with Crippen LogP contribution in [0.2, 0.25) is 0 Å². The summed E-state index contributed by atoms with van der Waals surface area (Å²) in [5, 5.41) is 3.30. The molecule has 0 saturated carbocycles. The molecule has 1 aromatic heterocycles. The van der Waals surface area contributed by atoms with E-state index in [2.05, 4.69) is 15.0 Å². The van der Waals surface area contributed by atoms with Crippen LogP contribution in [-0.4, -0.2) is 20.4 Å². The first-order chi connectivity index (χ1) is 10.9. The van der Waals surface area contributed by atoms with Crippen molar-refractivity contribution in [2.45, 2.75) is 25.3 Å². The topological polar surface area (TPSA) is 71.1 Å². The lowest BCUT2D eigenvalue weighted by Crippen LogP contribution is -2.20. The first-order valence-electron chi connectivity index (χ1n) is 7.23. The van der Waals surface area contributed by atoms with Crippen molar-refractivity contribution in [2.24, 2.45) is 0 Å². The highest BCUT2D eigenvalue weighted by Crippen LogP contribution is 2.12. The Kier molecular flexibility index (Phi) is 5.81. The van der Waals surface area contributed by atoms with Gasteiger partial charge in [0, 0.05) is 12.6 Å². The van der Waals surface area contributed by atoms with Gasteiger partial charge in [-0.25, -0.2) is 17.5 Å². The number of rotatable bonds is 7. The van der Waals surface area contributed by atoms with Crippen molar-refractivity contribution in [3.8, 4) is 0 Å². The summed E-state index contributed by atoms with van der Waals surface area (Å²) in [5.74, 6) is -0.388. The molecule has 124 valence electrons. The van der Waals surface area contributed by atoms with Crippen molar-refractivity contribution in [3.05, 3.63) is 65.2 Å². The first kappa shape index (κ1) is 17.5. The van der Waals surface area contributed by atoms with Gasteiger partial charge in [-0.1, -0.05) is 24.3 Å². The van der Waals surface area contributed by atoms with Crippen molar-refractivity contribution in [1.82, 2.24) is 15.0 Å². The maximum Gasteiger partial charge on any atom is 0.215 e. The summed E-state index contributed by atoms with van der Waals surface area (Å²) < 4.78 is 38.1. The minimum Gasteiger partial charge on any atom is -0.305 e. The Hall–Kier alpha value is -1.83. The quantitative estimate of drug-likeness (QED) is 0.812. The molecular formula is C16H20FN3O2S. The van der Waals surface area contributed by atoms with Crippen molar-refractivity contribution in [1.29, 1.82) is 0 Å². The lowest BCUT2D eigenvalue weighted by atomic mass is 10.1. The van der Waals surface area contributed by atoms with Crippen LogP contribution in [0.25, 0.3) is 0 Å². The smallest absolute Gasteiger partial charge is 0.215 e. The van der Waals surface area contributed by atoms with Crippen LogP contribution in [0.3, 0.4) is 0 Å². The molecule has 2 N–H and O–H groups in total. The summed E-state index contributed by atoms with van der Waals surface area (Å²) in [6.45, 7) is 2.56. The van der Waals surface area contributed by atoms with Crippen LogP contribution in [0.5, 0.6) is 0 Å².